The molecule has 8 rings (SSSR count). The van der Waals surface area contributed by atoms with E-state index in [1.165, 1.54) is 13.4 Å². The van der Waals surface area contributed by atoms with Gasteiger partial charge < -0.3 is 25.0 Å². The van der Waals surface area contributed by atoms with Gasteiger partial charge in [0.15, 0.2) is 17.2 Å². The number of thiophene rings is 1. The number of Topliss-reactive ketones (excluding diaryl/α,β-unsaturated/α-hetero) is 1. The van der Waals surface area contributed by atoms with E-state index in [0.29, 0.717) is 88.1 Å². The lowest BCUT2D eigenvalue weighted by atomic mass is 9.89. The molecular weight excluding hydrogens is 964 g/mol. The van der Waals surface area contributed by atoms with Crippen molar-refractivity contribution in [2.24, 2.45) is 7.05 Å². The molecule has 3 aromatic carbocycles. The Kier molecular flexibility index (Phi) is 14.2. The number of aliphatic carboxylic acids is 1. The topological polar surface area (TPSA) is 256 Å². The Morgan fingerprint density at radius 2 is 1.74 bits per heavy atom. The van der Waals surface area contributed by atoms with Gasteiger partial charge in [-0.15, -0.1) is 11.3 Å². The number of piperidine rings is 2. The normalized spacial score (nSPS) is 19.7. The van der Waals surface area contributed by atoms with E-state index in [4.69, 9.17) is 31.6 Å². The number of ketones is 1. The second kappa shape index (κ2) is 20.0. The van der Waals surface area contributed by atoms with Crippen molar-refractivity contribution in [3.63, 3.8) is 0 Å². The summed E-state index contributed by atoms with van der Waals surface area (Å²) in [5.74, 6) is -4.09. The van der Waals surface area contributed by atoms with Crippen LogP contribution in [0.3, 0.4) is 0 Å². The predicted octanol–water partition coefficient (Wildman–Crippen LogP) is 6.93. The molecule has 2 aliphatic heterocycles. The summed E-state index contributed by atoms with van der Waals surface area (Å²) in [4.78, 5) is 75.0. The summed E-state index contributed by atoms with van der Waals surface area (Å²) < 4.78 is 44.3. The third kappa shape index (κ3) is 10.3. The number of imide groups is 1. The molecule has 2 aromatic heterocycles. The van der Waals surface area contributed by atoms with Crippen LogP contribution in [0.5, 0.6) is 11.5 Å². The fraction of sp³-hybridized carbons (Fsp3) is 0.367. The van der Waals surface area contributed by atoms with Gasteiger partial charge in [-0.3, -0.25) is 34.2 Å². The number of para-hydroxylation sites is 1. The molecule has 4 heterocycles. The van der Waals surface area contributed by atoms with Gasteiger partial charge in [0.1, 0.15) is 28.0 Å². The van der Waals surface area contributed by atoms with Gasteiger partial charge in [-0.05, 0) is 106 Å². The highest BCUT2D eigenvalue weighted by atomic mass is 35.5. The number of fused-ring (bicyclic) bond motifs is 1. The molecule has 18 nitrogen and oxygen atoms in total. The Labute approximate surface area is 411 Å². The number of carboxylic acid groups (broad SMARTS) is 2. The Morgan fingerprint density at radius 1 is 0.986 bits per heavy atom. The number of imidazole rings is 1. The largest absolute Gasteiger partial charge is 0.488 e. The number of nitrogens with zero attached hydrogens (tertiary/aromatic N) is 3. The van der Waals surface area contributed by atoms with Crippen LogP contribution in [-0.4, -0.2) is 98.2 Å². The van der Waals surface area contributed by atoms with Gasteiger partial charge in [-0.25, -0.2) is 22.8 Å². The van der Waals surface area contributed by atoms with Crippen molar-refractivity contribution in [1.29, 1.82) is 5.41 Å². The fourth-order valence-corrected chi connectivity index (χ4v) is 13.0. The smallest absolute Gasteiger partial charge is 0.349 e. The number of carbonyl (C=O) groups is 5. The Morgan fingerprint density at radius 3 is 2.47 bits per heavy atom. The Balaban J connectivity index is 0.882. The van der Waals surface area contributed by atoms with Crippen LogP contribution < -0.4 is 25.8 Å². The molecule has 3 aliphatic rings. The van der Waals surface area contributed by atoms with E-state index in [9.17, 15) is 42.3 Å². The van der Waals surface area contributed by atoms with Crippen molar-refractivity contribution in [2.45, 2.75) is 94.7 Å². The Hall–Kier alpha value is -6.61. The zero-order valence-corrected chi connectivity index (χ0v) is 40.8. The first-order chi connectivity index (χ1) is 33.2. The first kappa shape index (κ1) is 49.8. The number of aromatic carboxylic acids is 1. The minimum absolute atomic E-state index is 0.0153. The van der Waals surface area contributed by atoms with Crippen LogP contribution in [0.1, 0.15) is 92.1 Å². The SMILES string of the molecule is Cn1c(=O)n(C2CCC(=O)NC2=O)c2cccc(OC3CCC=C(C(=O)C(=N)c4cccc(CS(=O)(=O)N5CC[C@H](Nc6cccc(-c7sc(C(=O)O)c(OCC(=O)O)c7Cl)c6)CC5(C)C)c4)CC3)c21. The quantitative estimate of drug-likeness (QED) is 0.0497. The second-order valence-corrected chi connectivity index (χ2v) is 21.5. The molecule has 368 valence electrons. The van der Waals surface area contributed by atoms with Crippen LogP contribution in [0.4, 0.5) is 5.69 Å². The van der Waals surface area contributed by atoms with Crippen molar-refractivity contribution < 1.29 is 52.1 Å². The van der Waals surface area contributed by atoms with Crippen LogP contribution in [-0.2, 0) is 42.0 Å². The van der Waals surface area contributed by atoms with E-state index in [0.717, 1.165) is 11.3 Å². The summed E-state index contributed by atoms with van der Waals surface area (Å²) in [6.45, 7) is 3.17. The predicted molar refractivity (Wildman–Crippen MR) is 263 cm³/mol. The van der Waals surface area contributed by atoms with E-state index in [1.807, 2.05) is 26.0 Å². The van der Waals surface area contributed by atoms with E-state index in [-0.39, 0.29) is 64.6 Å². The third-order valence-electron chi connectivity index (χ3n) is 12.9. The van der Waals surface area contributed by atoms with Gasteiger partial charge in [0.2, 0.25) is 27.6 Å². The van der Waals surface area contributed by atoms with Gasteiger partial charge in [-0.1, -0.05) is 54.1 Å². The molecule has 0 bridgehead atoms. The summed E-state index contributed by atoms with van der Waals surface area (Å²) in [7, 11) is -2.29. The first-order valence-corrected chi connectivity index (χ1v) is 25.4. The summed E-state index contributed by atoms with van der Waals surface area (Å²) in [5.41, 5.74) is 1.96. The van der Waals surface area contributed by atoms with Crippen LogP contribution in [0.2, 0.25) is 5.02 Å². The van der Waals surface area contributed by atoms with Crippen LogP contribution in [0.15, 0.2) is 83.2 Å². The molecule has 0 spiro atoms. The standard InChI is InChI=1S/C49H51ClN6O12S2/c1-49(2)24-32(52-31-12-5-11-30(23-31)44-39(50)43(67-25-38(58)59)45(69-44)47(62)63)20-21-55(49)70(65,66)26-27-8-4-10-29(22-27)40(51)42(60)28-9-6-13-33(17-16-28)68-36-15-7-14-34-41(36)54(3)48(64)56(34)35-18-19-37(57)53-46(35)61/h4-5,7-12,14-15,22-23,32-33,35,51-52H,6,13,16-21,24-26H2,1-3H3,(H,58,59)(H,62,63)(H,53,57,61)/t32-,33?,35?/m0/s1. The number of hydrogen-bond donors (Lipinski definition) is 5. The number of nitrogens with one attached hydrogen (secondary N) is 3. The van der Waals surface area contributed by atoms with Crippen molar-refractivity contribution in [3.05, 3.63) is 110 Å². The molecule has 5 aromatic rings. The van der Waals surface area contributed by atoms with Crippen molar-refractivity contribution in [2.75, 3.05) is 18.5 Å². The highest BCUT2D eigenvalue weighted by molar-refractivity contribution is 7.88. The van der Waals surface area contributed by atoms with Gasteiger partial charge >= 0.3 is 17.6 Å². The van der Waals surface area contributed by atoms with Crippen LogP contribution >= 0.6 is 22.9 Å². The lowest BCUT2D eigenvalue weighted by Gasteiger charge is -2.45. The number of allylic oxidation sites excluding steroid dienone is 2. The van der Waals surface area contributed by atoms with E-state index in [1.54, 1.807) is 67.7 Å². The number of halogens is 1. The number of sulfonamides is 1. The molecular formula is C49H51ClN6O12S2. The highest BCUT2D eigenvalue weighted by Gasteiger charge is 2.42. The van der Waals surface area contributed by atoms with E-state index in [2.05, 4.69) is 10.6 Å². The molecule has 3 atom stereocenters. The average molecular weight is 1020 g/mol. The van der Waals surface area contributed by atoms with Crippen molar-refractivity contribution in [3.8, 4) is 21.9 Å². The molecule has 0 saturated carbocycles. The maximum absolute atomic E-state index is 14.1. The van der Waals surface area contributed by atoms with Gasteiger partial charge in [0.05, 0.1) is 22.3 Å². The molecule has 21 heteroatoms. The van der Waals surface area contributed by atoms with E-state index < -0.39 is 57.5 Å². The van der Waals surface area contributed by atoms with Crippen molar-refractivity contribution >= 4 is 84.9 Å². The fourth-order valence-electron chi connectivity index (χ4n) is 9.63. The minimum atomic E-state index is -3.89. The monoisotopic (exact) mass is 1010 g/mol. The number of anilines is 1. The molecule has 70 heavy (non-hydrogen) atoms. The number of amides is 2. The number of carboxylic acids is 2. The number of ether oxygens (including phenoxy) is 2. The Bertz CT molecular complexity index is 3170. The number of rotatable bonds is 16. The first-order valence-electron chi connectivity index (χ1n) is 22.6. The zero-order valence-electron chi connectivity index (χ0n) is 38.5. The summed E-state index contributed by atoms with van der Waals surface area (Å²) in [6.07, 6.45) is 4.53. The molecule has 5 N–H and O–H groups in total. The van der Waals surface area contributed by atoms with Gasteiger partial charge in [-0.2, -0.15) is 4.31 Å². The molecule has 2 fully saturated rings. The number of aryl methyl sites for hydroxylation is 1. The molecule has 2 amide bonds. The average Bonchev–Trinajstić information content (AvgIpc) is 3.64. The molecule has 2 unspecified atom stereocenters. The van der Waals surface area contributed by atoms with E-state index >= 15 is 0 Å². The van der Waals surface area contributed by atoms with Crippen LogP contribution in [0.25, 0.3) is 21.5 Å². The molecule has 2 saturated heterocycles. The summed E-state index contributed by atoms with van der Waals surface area (Å²) >= 11 is 7.39. The minimum Gasteiger partial charge on any atom is -0.488 e. The zero-order chi connectivity index (χ0) is 50.2. The number of aromatic nitrogens is 2. The van der Waals surface area contributed by atoms with Crippen molar-refractivity contribution in [1.82, 2.24) is 18.8 Å². The van der Waals surface area contributed by atoms with Gasteiger partial charge in [0.25, 0.3) is 0 Å². The number of hydrogen-bond acceptors (Lipinski definition) is 13. The summed E-state index contributed by atoms with van der Waals surface area (Å²) in [6, 6.07) is 17.9. The summed E-state index contributed by atoms with van der Waals surface area (Å²) in [5, 5.41) is 33.5. The molecule has 0 radical (unpaired) electrons. The van der Waals surface area contributed by atoms with Gasteiger partial charge in [0, 0.05) is 42.8 Å². The molecule has 1 aliphatic carbocycles. The lowest BCUT2D eigenvalue weighted by Crippen LogP contribution is -2.55. The third-order valence-corrected chi connectivity index (χ3v) is 16.6. The lowest BCUT2D eigenvalue weighted by molar-refractivity contribution is -0.139. The maximum atomic E-state index is 14.1. The number of carbonyl (C=O) groups excluding carboxylic acids is 3. The second-order valence-electron chi connectivity index (χ2n) is 18.2. The van der Waals surface area contributed by atoms with Crippen LogP contribution in [0, 0.1) is 5.41 Å². The maximum Gasteiger partial charge on any atom is 0.349 e. The highest BCUT2D eigenvalue weighted by Crippen LogP contribution is 2.46. The number of benzene rings is 3.